The lowest BCUT2D eigenvalue weighted by atomic mass is 10.2. The molecule has 0 aliphatic carbocycles. The van der Waals surface area contributed by atoms with E-state index in [1.807, 2.05) is 25.1 Å². The summed E-state index contributed by atoms with van der Waals surface area (Å²) in [4.78, 5) is 10.7. The van der Waals surface area contributed by atoms with Crippen LogP contribution in [0.4, 0.5) is 10.8 Å². The summed E-state index contributed by atoms with van der Waals surface area (Å²) in [7, 11) is 0. The van der Waals surface area contributed by atoms with Gasteiger partial charge >= 0.3 is 4.87 Å². The summed E-state index contributed by atoms with van der Waals surface area (Å²) in [6.45, 7) is 1.90. The molecule has 0 spiro atoms. The molecular weight excluding hydrogens is 234 g/mol. The van der Waals surface area contributed by atoms with E-state index in [9.17, 15) is 4.79 Å². The van der Waals surface area contributed by atoms with Gasteiger partial charge in [-0.15, -0.1) is 5.10 Å². The summed E-state index contributed by atoms with van der Waals surface area (Å²) in [5.41, 5.74) is 1.78. The summed E-state index contributed by atoms with van der Waals surface area (Å²) >= 11 is 6.98. The Kier molecular flexibility index (Phi) is 2.75. The first-order chi connectivity index (χ1) is 7.16. The monoisotopic (exact) mass is 241 g/mol. The molecule has 1 heterocycles. The third-order valence-corrected chi connectivity index (χ3v) is 3.02. The second kappa shape index (κ2) is 4.04. The maximum absolute atomic E-state index is 10.9. The van der Waals surface area contributed by atoms with Crippen LogP contribution in [0.1, 0.15) is 5.56 Å². The van der Waals surface area contributed by atoms with Crippen molar-refractivity contribution in [2.24, 2.45) is 0 Å². The predicted octanol–water partition coefficient (Wildman–Crippen LogP) is 2.54. The molecule has 4 nitrogen and oxygen atoms in total. The third kappa shape index (κ3) is 2.19. The van der Waals surface area contributed by atoms with Crippen molar-refractivity contribution in [3.63, 3.8) is 0 Å². The van der Waals surface area contributed by atoms with Gasteiger partial charge in [0.25, 0.3) is 0 Å². The highest BCUT2D eigenvalue weighted by Gasteiger charge is 2.04. The van der Waals surface area contributed by atoms with Gasteiger partial charge in [0, 0.05) is 10.7 Å². The SMILES string of the molecule is Cc1c(Cl)cccc1Nc1n[nH]c(=O)s1. The summed E-state index contributed by atoms with van der Waals surface area (Å²) < 4.78 is 0. The molecule has 6 heteroatoms. The Morgan fingerprint density at radius 3 is 3.00 bits per heavy atom. The van der Waals surface area contributed by atoms with Crippen LogP contribution >= 0.6 is 22.9 Å². The number of anilines is 2. The standard InChI is InChI=1S/C9H8ClN3OS/c1-5-6(10)3-2-4-7(5)11-8-12-13-9(14)15-8/h2-4H,1H3,(H,11,12)(H,13,14). The van der Waals surface area contributed by atoms with Crippen LogP contribution in [0, 0.1) is 6.92 Å². The Bertz CT molecular complexity index is 534. The minimum Gasteiger partial charge on any atom is -0.330 e. The Labute approximate surface area is 94.9 Å². The molecule has 78 valence electrons. The minimum absolute atomic E-state index is 0.183. The average Bonchev–Trinajstić information content (AvgIpc) is 2.59. The van der Waals surface area contributed by atoms with Gasteiger partial charge in [0.15, 0.2) is 0 Å². The molecule has 0 aliphatic heterocycles. The number of hydrogen-bond acceptors (Lipinski definition) is 4. The molecule has 15 heavy (non-hydrogen) atoms. The number of rotatable bonds is 2. The Balaban J connectivity index is 2.32. The second-order valence-electron chi connectivity index (χ2n) is 2.96. The van der Waals surface area contributed by atoms with Gasteiger partial charge < -0.3 is 5.32 Å². The molecule has 2 N–H and O–H groups in total. The Morgan fingerprint density at radius 2 is 2.33 bits per heavy atom. The van der Waals surface area contributed by atoms with E-state index in [0.29, 0.717) is 10.2 Å². The first-order valence-corrected chi connectivity index (χ1v) is 5.44. The fourth-order valence-electron chi connectivity index (χ4n) is 1.14. The van der Waals surface area contributed by atoms with Crippen LogP contribution < -0.4 is 10.2 Å². The Morgan fingerprint density at radius 1 is 1.53 bits per heavy atom. The van der Waals surface area contributed by atoms with Gasteiger partial charge in [-0.3, -0.25) is 4.79 Å². The lowest BCUT2D eigenvalue weighted by Gasteiger charge is -2.06. The van der Waals surface area contributed by atoms with Crippen LogP contribution in [0.3, 0.4) is 0 Å². The van der Waals surface area contributed by atoms with Gasteiger partial charge in [-0.2, -0.15) is 0 Å². The number of H-pyrrole nitrogens is 1. The van der Waals surface area contributed by atoms with Crippen molar-refractivity contribution in [3.8, 4) is 0 Å². The summed E-state index contributed by atoms with van der Waals surface area (Å²) in [5.74, 6) is 0. The van der Waals surface area contributed by atoms with Gasteiger partial charge in [0.1, 0.15) is 0 Å². The van der Waals surface area contributed by atoms with E-state index >= 15 is 0 Å². The number of aromatic amines is 1. The fraction of sp³-hybridized carbons (Fsp3) is 0.111. The first kappa shape index (κ1) is 10.2. The van der Waals surface area contributed by atoms with Crippen LogP contribution in [0.15, 0.2) is 23.0 Å². The zero-order valence-electron chi connectivity index (χ0n) is 7.87. The molecule has 2 rings (SSSR count). The lowest BCUT2D eigenvalue weighted by molar-refractivity contribution is 1.06. The smallest absolute Gasteiger partial charge is 0.324 e. The lowest BCUT2D eigenvalue weighted by Crippen LogP contribution is -1.92. The molecule has 0 radical (unpaired) electrons. The van der Waals surface area contributed by atoms with Crippen LogP contribution in [0.5, 0.6) is 0 Å². The Hall–Kier alpha value is -1.33. The van der Waals surface area contributed by atoms with Crippen molar-refractivity contribution in [3.05, 3.63) is 38.5 Å². The van der Waals surface area contributed by atoms with Crippen molar-refractivity contribution in [1.29, 1.82) is 0 Å². The van der Waals surface area contributed by atoms with Crippen molar-refractivity contribution in [2.75, 3.05) is 5.32 Å². The van der Waals surface area contributed by atoms with Crippen molar-refractivity contribution < 1.29 is 0 Å². The molecule has 1 aromatic carbocycles. The number of nitrogens with zero attached hydrogens (tertiary/aromatic N) is 1. The molecule has 0 unspecified atom stereocenters. The molecule has 0 saturated heterocycles. The zero-order valence-corrected chi connectivity index (χ0v) is 9.45. The largest absolute Gasteiger partial charge is 0.330 e. The highest BCUT2D eigenvalue weighted by molar-refractivity contribution is 7.13. The summed E-state index contributed by atoms with van der Waals surface area (Å²) in [6, 6.07) is 5.54. The molecule has 2 aromatic rings. The zero-order chi connectivity index (χ0) is 10.8. The number of aromatic nitrogens is 2. The van der Waals surface area contributed by atoms with E-state index in [1.54, 1.807) is 0 Å². The van der Waals surface area contributed by atoms with Crippen LogP contribution in [-0.2, 0) is 0 Å². The van der Waals surface area contributed by atoms with E-state index in [0.717, 1.165) is 22.6 Å². The summed E-state index contributed by atoms with van der Waals surface area (Å²) in [5, 5.41) is 10.4. The van der Waals surface area contributed by atoms with E-state index in [1.165, 1.54) is 0 Å². The van der Waals surface area contributed by atoms with Crippen LogP contribution in [0.2, 0.25) is 5.02 Å². The second-order valence-corrected chi connectivity index (χ2v) is 4.32. The van der Waals surface area contributed by atoms with E-state index in [4.69, 9.17) is 11.6 Å². The number of hydrogen-bond donors (Lipinski definition) is 2. The predicted molar refractivity (Wildman–Crippen MR) is 62.2 cm³/mol. The highest BCUT2D eigenvalue weighted by Crippen LogP contribution is 2.25. The van der Waals surface area contributed by atoms with Gasteiger partial charge in [-0.1, -0.05) is 17.7 Å². The third-order valence-electron chi connectivity index (χ3n) is 1.95. The molecular formula is C9H8ClN3OS. The maximum atomic E-state index is 10.9. The normalized spacial score (nSPS) is 10.3. The van der Waals surface area contributed by atoms with Crippen molar-refractivity contribution >= 4 is 33.8 Å². The molecule has 0 aliphatic rings. The molecule has 0 bridgehead atoms. The first-order valence-electron chi connectivity index (χ1n) is 4.24. The van der Waals surface area contributed by atoms with Crippen LogP contribution in [-0.4, -0.2) is 10.2 Å². The number of benzene rings is 1. The summed E-state index contributed by atoms with van der Waals surface area (Å²) in [6.07, 6.45) is 0. The number of nitrogens with one attached hydrogen (secondary N) is 2. The van der Waals surface area contributed by atoms with Crippen LogP contribution in [0.25, 0.3) is 0 Å². The van der Waals surface area contributed by atoms with Gasteiger partial charge in [0.2, 0.25) is 5.13 Å². The molecule has 0 fully saturated rings. The molecule has 1 aromatic heterocycles. The van der Waals surface area contributed by atoms with E-state index in [2.05, 4.69) is 15.5 Å². The maximum Gasteiger partial charge on any atom is 0.324 e. The van der Waals surface area contributed by atoms with Crippen molar-refractivity contribution in [1.82, 2.24) is 10.2 Å². The quantitative estimate of drug-likeness (QED) is 0.850. The topological polar surface area (TPSA) is 57.8 Å². The average molecular weight is 242 g/mol. The van der Waals surface area contributed by atoms with Gasteiger partial charge in [-0.05, 0) is 36.0 Å². The molecule has 0 atom stereocenters. The fourth-order valence-corrected chi connectivity index (χ4v) is 1.84. The van der Waals surface area contributed by atoms with Crippen molar-refractivity contribution in [2.45, 2.75) is 6.92 Å². The number of halogens is 1. The van der Waals surface area contributed by atoms with E-state index < -0.39 is 0 Å². The minimum atomic E-state index is -0.183. The van der Waals surface area contributed by atoms with E-state index in [-0.39, 0.29) is 4.87 Å². The molecule has 0 amide bonds. The molecule has 0 saturated carbocycles. The highest BCUT2D eigenvalue weighted by atomic mass is 35.5. The van der Waals surface area contributed by atoms with Gasteiger partial charge in [-0.25, -0.2) is 5.10 Å². The van der Waals surface area contributed by atoms with Gasteiger partial charge in [0.05, 0.1) is 0 Å².